The van der Waals surface area contributed by atoms with Gasteiger partial charge >= 0.3 is 0 Å². The highest BCUT2D eigenvalue weighted by molar-refractivity contribution is 5.67. The van der Waals surface area contributed by atoms with Gasteiger partial charge in [0, 0.05) is 37.6 Å². The first-order valence-corrected chi connectivity index (χ1v) is 11.0. The maximum atomic E-state index is 14.4. The number of nitrogens with zero attached hydrogens (tertiary/aromatic N) is 5. The molecule has 3 N–H and O–H groups in total. The van der Waals surface area contributed by atoms with E-state index in [2.05, 4.69) is 66.8 Å². The first-order chi connectivity index (χ1) is 16.0. The number of fused-ring (bicyclic) bond motifs is 1. The number of benzene rings is 1. The van der Waals surface area contributed by atoms with Gasteiger partial charge in [0.25, 0.3) is 0 Å². The molecule has 0 bridgehead atoms. The minimum Gasteiger partial charge on any atom is -0.488 e. The SMILES string of the molecule is Cc1ccc(Nc2ncc(F)c(Nc3ccc4c(n3)NCCO4)n2)cc1N1CCN(C)CC1. The molecule has 0 amide bonds. The normalized spacial score (nSPS) is 15.9. The van der Waals surface area contributed by atoms with Gasteiger partial charge in [0.05, 0.1) is 12.7 Å². The van der Waals surface area contributed by atoms with Crippen LogP contribution in [0, 0.1) is 12.7 Å². The number of nitrogens with one attached hydrogen (secondary N) is 3. The van der Waals surface area contributed by atoms with Crippen molar-refractivity contribution in [2.24, 2.45) is 0 Å². The fourth-order valence-corrected chi connectivity index (χ4v) is 3.93. The van der Waals surface area contributed by atoms with Gasteiger partial charge in [-0.25, -0.2) is 14.4 Å². The highest BCUT2D eigenvalue weighted by Gasteiger charge is 2.17. The van der Waals surface area contributed by atoms with E-state index >= 15 is 0 Å². The molecular formula is C23H27FN8O. The molecule has 0 atom stereocenters. The fraction of sp³-hybridized carbons (Fsp3) is 0.348. The van der Waals surface area contributed by atoms with E-state index in [0.29, 0.717) is 36.5 Å². The summed E-state index contributed by atoms with van der Waals surface area (Å²) in [4.78, 5) is 17.6. The van der Waals surface area contributed by atoms with Crippen LogP contribution in [0.25, 0.3) is 0 Å². The van der Waals surface area contributed by atoms with Crippen LogP contribution in [-0.2, 0) is 0 Å². The van der Waals surface area contributed by atoms with E-state index in [0.717, 1.165) is 38.1 Å². The Morgan fingerprint density at radius 3 is 2.76 bits per heavy atom. The molecule has 4 heterocycles. The van der Waals surface area contributed by atoms with E-state index in [9.17, 15) is 4.39 Å². The number of aromatic nitrogens is 3. The molecule has 1 saturated heterocycles. The lowest BCUT2D eigenvalue weighted by atomic mass is 10.1. The van der Waals surface area contributed by atoms with Gasteiger partial charge in [-0.1, -0.05) is 6.07 Å². The van der Waals surface area contributed by atoms with Crippen LogP contribution in [0.4, 0.5) is 39.2 Å². The zero-order valence-corrected chi connectivity index (χ0v) is 18.7. The van der Waals surface area contributed by atoms with Gasteiger partial charge in [-0.2, -0.15) is 4.98 Å². The predicted octanol–water partition coefficient (Wildman–Crippen LogP) is 3.36. The lowest BCUT2D eigenvalue weighted by Crippen LogP contribution is -2.44. The second kappa shape index (κ2) is 9.07. The van der Waals surface area contributed by atoms with Crippen LogP contribution in [0.15, 0.2) is 36.5 Å². The number of ether oxygens (including phenoxy) is 1. The standard InChI is InChI=1S/C23H27FN8O/c1-15-3-4-16(13-18(15)32-10-8-31(2)9-11-32)27-23-26-14-17(24)21(30-23)28-20-6-5-19-22(29-20)25-7-12-33-19/h3-6,13-14H,7-12H2,1-2H3,(H3,25,26,27,28,29,30). The zero-order chi connectivity index (χ0) is 22.8. The smallest absolute Gasteiger partial charge is 0.229 e. The van der Waals surface area contributed by atoms with Crippen molar-refractivity contribution < 1.29 is 9.13 Å². The molecule has 2 aromatic heterocycles. The van der Waals surface area contributed by atoms with Gasteiger partial charge in [-0.15, -0.1) is 0 Å². The molecule has 1 fully saturated rings. The fourth-order valence-electron chi connectivity index (χ4n) is 3.93. The molecule has 10 heteroatoms. The molecular weight excluding hydrogens is 423 g/mol. The van der Waals surface area contributed by atoms with Crippen LogP contribution in [0.2, 0.25) is 0 Å². The molecule has 0 saturated carbocycles. The Morgan fingerprint density at radius 2 is 1.91 bits per heavy atom. The maximum absolute atomic E-state index is 14.4. The Balaban J connectivity index is 1.34. The highest BCUT2D eigenvalue weighted by atomic mass is 19.1. The highest BCUT2D eigenvalue weighted by Crippen LogP contribution is 2.29. The van der Waals surface area contributed by atoms with Gasteiger partial charge in [0.2, 0.25) is 5.95 Å². The molecule has 33 heavy (non-hydrogen) atoms. The summed E-state index contributed by atoms with van der Waals surface area (Å²) < 4.78 is 20.0. The molecule has 3 aromatic rings. The topological polar surface area (TPSA) is 90.5 Å². The van der Waals surface area contributed by atoms with Crippen molar-refractivity contribution in [1.29, 1.82) is 0 Å². The quantitative estimate of drug-likeness (QED) is 0.541. The number of anilines is 6. The van der Waals surface area contributed by atoms with Crippen LogP contribution in [-0.4, -0.2) is 66.2 Å². The average molecular weight is 451 g/mol. The largest absolute Gasteiger partial charge is 0.488 e. The summed E-state index contributed by atoms with van der Waals surface area (Å²) in [6, 6.07) is 9.66. The van der Waals surface area contributed by atoms with Crippen molar-refractivity contribution in [1.82, 2.24) is 19.9 Å². The van der Waals surface area contributed by atoms with Crippen LogP contribution in [0.1, 0.15) is 5.56 Å². The van der Waals surface area contributed by atoms with E-state index in [1.807, 2.05) is 6.07 Å². The third-order valence-corrected chi connectivity index (χ3v) is 5.81. The molecule has 9 nitrogen and oxygen atoms in total. The monoisotopic (exact) mass is 450 g/mol. The number of halogens is 1. The van der Waals surface area contributed by atoms with Crippen molar-refractivity contribution >= 4 is 34.8 Å². The Hall–Kier alpha value is -3.66. The molecule has 0 unspecified atom stereocenters. The van der Waals surface area contributed by atoms with E-state index in [-0.39, 0.29) is 5.82 Å². The summed E-state index contributed by atoms with van der Waals surface area (Å²) in [6.07, 6.45) is 1.15. The molecule has 0 radical (unpaired) electrons. The third-order valence-electron chi connectivity index (χ3n) is 5.81. The van der Waals surface area contributed by atoms with Gasteiger partial charge in [0.15, 0.2) is 23.2 Å². The van der Waals surface area contributed by atoms with Crippen molar-refractivity contribution in [2.45, 2.75) is 6.92 Å². The van der Waals surface area contributed by atoms with E-state index < -0.39 is 5.82 Å². The summed E-state index contributed by atoms with van der Waals surface area (Å²) in [6.45, 7) is 7.40. The van der Waals surface area contributed by atoms with E-state index in [1.165, 1.54) is 11.3 Å². The first-order valence-electron chi connectivity index (χ1n) is 11.0. The van der Waals surface area contributed by atoms with Crippen molar-refractivity contribution in [2.75, 3.05) is 67.2 Å². The first kappa shape index (κ1) is 21.2. The van der Waals surface area contributed by atoms with Gasteiger partial charge in [0.1, 0.15) is 12.4 Å². The number of hydrogen-bond acceptors (Lipinski definition) is 9. The molecule has 5 rings (SSSR count). The average Bonchev–Trinajstić information content (AvgIpc) is 2.83. The van der Waals surface area contributed by atoms with Crippen molar-refractivity contribution in [3.05, 3.63) is 47.9 Å². The van der Waals surface area contributed by atoms with Crippen LogP contribution >= 0.6 is 0 Å². The van der Waals surface area contributed by atoms with Crippen LogP contribution < -0.4 is 25.6 Å². The molecule has 2 aliphatic heterocycles. The van der Waals surface area contributed by atoms with Crippen LogP contribution in [0.3, 0.4) is 0 Å². The molecule has 2 aliphatic rings. The van der Waals surface area contributed by atoms with Crippen molar-refractivity contribution in [3.63, 3.8) is 0 Å². The Labute approximate surface area is 192 Å². The second-order valence-electron chi connectivity index (χ2n) is 8.25. The lowest BCUT2D eigenvalue weighted by Gasteiger charge is -2.35. The summed E-state index contributed by atoms with van der Waals surface area (Å²) in [7, 11) is 2.14. The van der Waals surface area contributed by atoms with Crippen LogP contribution in [0.5, 0.6) is 5.75 Å². The summed E-state index contributed by atoms with van der Waals surface area (Å²) in [5.41, 5.74) is 3.24. The molecule has 1 aromatic carbocycles. The summed E-state index contributed by atoms with van der Waals surface area (Å²) in [5.74, 6) is 1.53. The number of aryl methyl sites for hydroxylation is 1. The molecule has 0 spiro atoms. The number of likely N-dealkylation sites (N-methyl/N-ethyl adjacent to an activating group) is 1. The summed E-state index contributed by atoms with van der Waals surface area (Å²) in [5, 5.41) is 9.31. The van der Waals surface area contributed by atoms with Gasteiger partial charge < -0.3 is 30.5 Å². The Kier molecular flexibility index (Phi) is 5.82. The number of rotatable bonds is 5. The number of pyridine rings is 1. The van der Waals surface area contributed by atoms with Gasteiger partial charge in [-0.3, -0.25) is 0 Å². The van der Waals surface area contributed by atoms with Gasteiger partial charge in [-0.05, 0) is 43.8 Å². The lowest BCUT2D eigenvalue weighted by molar-refractivity contribution is 0.312. The Bertz CT molecular complexity index is 1150. The molecule has 172 valence electrons. The maximum Gasteiger partial charge on any atom is 0.229 e. The number of piperazine rings is 1. The third kappa shape index (κ3) is 4.75. The second-order valence-corrected chi connectivity index (χ2v) is 8.25. The number of hydrogen-bond donors (Lipinski definition) is 3. The van der Waals surface area contributed by atoms with E-state index in [4.69, 9.17) is 4.74 Å². The summed E-state index contributed by atoms with van der Waals surface area (Å²) >= 11 is 0. The molecule has 0 aliphatic carbocycles. The minimum absolute atomic E-state index is 0.0445. The zero-order valence-electron chi connectivity index (χ0n) is 18.7. The van der Waals surface area contributed by atoms with Crippen molar-refractivity contribution in [3.8, 4) is 5.75 Å². The Morgan fingerprint density at radius 1 is 1.06 bits per heavy atom. The minimum atomic E-state index is -0.564. The van der Waals surface area contributed by atoms with E-state index in [1.54, 1.807) is 12.1 Å². The predicted molar refractivity (Wildman–Crippen MR) is 128 cm³/mol.